The van der Waals surface area contributed by atoms with Crippen LogP contribution in [0.5, 0.6) is 17.2 Å². The number of carbonyl (C=O) groups excluding carboxylic acids is 1. The third-order valence-electron chi connectivity index (χ3n) is 6.77. The van der Waals surface area contributed by atoms with Crippen LogP contribution in [0.15, 0.2) is 94.4 Å². The van der Waals surface area contributed by atoms with Gasteiger partial charge in [-0.25, -0.2) is 5.43 Å². The predicted molar refractivity (Wildman–Crippen MR) is 167 cm³/mol. The van der Waals surface area contributed by atoms with Crippen molar-refractivity contribution in [2.24, 2.45) is 5.10 Å². The monoisotopic (exact) mass is 597 g/mol. The smallest absolute Gasteiger partial charge is 0.307 e. The second kappa shape index (κ2) is 13.4. The molecule has 43 heavy (non-hydrogen) atoms. The summed E-state index contributed by atoms with van der Waals surface area (Å²) in [5.74, 6) is 1.69. The van der Waals surface area contributed by atoms with Crippen LogP contribution < -0.4 is 19.6 Å². The lowest BCUT2D eigenvalue weighted by molar-refractivity contribution is 0.0923. The van der Waals surface area contributed by atoms with Crippen molar-refractivity contribution in [2.75, 3.05) is 7.11 Å². The quantitative estimate of drug-likeness (QED) is 0.125. The van der Waals surface area contributed by atoms with E-state index in [4.69, 9.17) is 30.2 Å². The Balaban J connectivity index is 1.14. The highest BCUT2D eigenvalue weighted by atomic mass is 35.5. The summed E-state index contributed by atoms with van der Waals surface area (Å²) in [6.07, 6.45) is 1.46. The lowest BCUT2D eigenvalue weighted by Crippen LogP contribution is -2.16. The van der Waals surface area contributed by atoms with Crippen LogP contribution in [0.1, 0.15) is 44.4 Å². The topological polar surface area (TPSA) is 87.2 Å². The van der Waals surface area contributed by atoms with Crippen LogP contribution in [0, 0.1) is 20.8 Å². The number of aromatic nitrogens is 1. The molecule has 0 atom stereocenters. The first-order chi connectivity index (χ1) is 20.8. The molecule has 0 aliphatic heterocycles. The van der Waals surface area contributed by atoms with Gasteiger partial charge in [-0.15, -0.1) is 0 Å². The molecule has 2 aromatic heterocycles. The molecule has 2 heterocycles. The number of halogens is 1. The van der Waals surface area contributed by atoms with Crippen molar-refractivity contribution >= 4 is 23.7 Å². The van der Waals surface area contributed by atoms with Crippen LogP contribution in [0.3, 0.4) is 0 Å². The molecule has 1 amide bonds. The molecule has 0 fully saturated rings. The summed E-state index contributed by atoms with van der Waals surface area (Å²) >= 11 is 6.48. The zero-order valence-electron chi connectivity index (χ0n) is 24.4. The van der Waals surface area contributed by atoms with Gasteiger partial charge in [0.05, 0.1) is 18.3 Å². The molecule has 0 bridgehead atoms. The minimum absolute atomic E-state index is 0.111. The molecule has 220 valence electrons. The summed E-state index contributed by atoms with van der Waals surface area (Å²) < 4.78 is 25.1. The average molecular weight is 598 g/mol. The summed E-state index contributed by atoms with van der Waals surface area (Å²) in [5, 5.41) is 4.40. The lowest BCUT2D eigenvalue weighted by Gasteiger charge is -2.13. The van der Waals surface area contributed by atoms with Crippen molar-refractivity contribution in [3.05, 3.63) is 130 Å². The first kappa shape index (κ1) is 29.5. The number of hydrazone groups is 1. The van der Waals surface area contributed by atoms with E-state index in [-0.39, 0.29) is 12.4 Å². The van der Waals surface area contributed by atoms with E-state index in [2.05, 4.69) is 41.1 Å². The van der Waals surface area contributed by atoms with E-state index in [9.17, 15) is 4.79 Å². The maximum absolute atomic E-state index is 12.6. The van der Waals surface area contributed by atoms with Crippen molar-refractivity contribution < 1.29 is 23.4 Å². The Hall–Kier alpha value is -4.95. The number of rotatable bonds is 11. The normalized spacial score (nSPS) is 11.1. The molecule has 0 unspecified atom stereocenters. The Morgan fingerprint density at radius 3 is 2.33 bits per heavy atom. The Kier molecular flexibility index (Phi) is 9.17. The molecule has 3 aromatic carbocycles. The first-order valence-corrected chi connectivity index (χ1v) is 14.0. The Labute approximate surface area is 255 Å². The van der Waals surface area contributed by atoms with E-state index < -0.39 is 5.91 Å². The molecule has 0 saturated carbocycles. The molecule has 0 spiro atoms. The zero-order valence-corrected chi connectivity index (χ0v) is 25.1. The van der Waals surface area contributed by atoms with Gasteiger partial charge in [-0.2, -0.15) is 5.10 Å². The Bertz CT molecular complexity index is 1720. The molecular formula is C34H32ClN3O5. The number of amides is 1. The summed E-state index contributed by atoms with van der Waals surface area (Å²) in [6, 6.07) is 26.7. The van der Waals surface area contributed by atoms with Gasteiger partial charge in [0.2, 0.25) is 0 Å². The molecular weight excluding hydrogens is 566 g/mol. The Morgan fingerprint density at radius 2 is 1.63 bits per heavy atom. The summed E-state index contributed by atoms with van der Waals surface area (Å²) in [5.41, 5.74) is 8.66. The molecule has 5 aromatic rings. The number of furan rings is 1. The fourth-order valence-electron chi connectivity index (χ4n) is 4.51. The number of hydrogen-bond acceptors (Lipinski definition) is 6. The summed E-state index contributed by atoms with van der Waals surface area (Å²) in [4.78, 5) is 12.6. The van der Waals surface area contributed by atoms with Crippen molar-refractivity contribution in [1.82, 2.24) is 9.99 Å². The highest BCUT2D eigenvalue weighted by Gasteiger charge is 2.14. The van der Waals surface area contributed by atoms with Crippen LogP contribution in [-0.2, 0) is 13.2 Å². The summed E-state index contributed by atoms with van der Waals surface area (Å²) in [6.45, 7) is 6.69. The number of methoxy groups -OCH3 is 1. The number of aryl methyl sites for hydroxylation is 3. The number of hydrogen-bond donors (Lipinski definition) is 1. The minimum Gasteiger partial charge on any atom is -0.493 e. The van der Waals surface area contributed by atoms with Crippen LogP contribution in [0.2, 0.25) is 5.02 Å². The highest BCUT2D eigenvalue weighted by molar-refractivity contribution is 6.32. The van der Waals surface area contributed by atoms with Gasteiger partial charge >= 0.3 is 5.91 Å². The molecule has 9 heteroatoms. The van der Waals surface area contributed by atoms with Gasteiger partial charge in [0.1, 0.15) is 24.7 Å². The molecule has 5 rings (SSSR count). The number of nitrogens with one attached hydrogen (secondary N) is 1. The van der Waals surface area contributed by atoms with Crippen LogP contribution in [0.4, 0.5) is 0 Å². The van der Waals surface area contributed by atoms with E-state index in [1.165, 1.54) is 18.9 Å². The number of benzene rings is 3. The van der Waals surface area contributed by atoms with Crippen molar-refractivity contribution in [3.8, 4) is 22.9 Å². The molecule has 1 N–H and O–H groups in total. The van der Waals surface area contributed by atoms with E-state index in [1.54, 1.807) is 24.3 Å². The standard InChI is InChI=1S/C34H32ClN3O5/c1-22-5-9-25(10-6-22)20-42-33-30(35)17-26(18-32(33)40-4)19-36-37-34(39)31-16-15-29(43-31)21-41-28-13-11-27(12-14-28)38-23(2)7-8-24(38)3/h5-19H,20-21H2,1-4H3,(H,37,39)/b36-19+. The predicted octanol–water partition coefficient (Wildman–Crippen LogP) is 7.58. The molecule has 0 aliphatic rings. The second-order valence-corrected chi connectivity index (χ2v) is 10.4. The van der Waals surface area contributed by atoms with Gasteiger partial charge in [-0.1, -0.05) is 41.4 Å². The van der Waals surface area contributed by atoms with Gasteiger partial charge in [0.15, 0.2) is 17.3 Å². The van der Waals surface area contributed by atoms with Gasteiger partial charge < -0.3 is 23.2 Å². The summed E-state index contributed by atoms with van der Waals surface area (Å²) in [7, 11) is 1.53. The first-order valence-electron chi connectivity index (χ1n) is 13.7. The van der Waals surface area contributed by atoms with Crippen molar-refractivity contribution in [2.45, 2.75) is 34.0 Å². The molecule has 0 saturated heterocycles. The zero-order chi connectivity index (χ0) is 30.3. The van der Waals surface area contributed by atoms with Gasteiger partial charge in [-0.3, -0.25) is 4.79 Å². The number of carbonyl (C=O) groups is 1. The third kappa shape index (κ3) is 7.28. The van der Waals surface area contributed by atoms with Crippen LogP contribution in [0.25, 0.3) is 5.69 Å². The maximum atomic E-state index is 12.6. The van der Waals surface area contributed by atoms with Crippen LogP contribution in [-0.4, -0.2) is 23.8 Å². The fraction of sp³-hybridized carbons (Fsp3) is 0.176. The van der Waals surface area contributed by atoms with Crippen molar-refractivity contribution in [1.29, 1.82) is 0 Å². The highest BCUT2D eigenvalue weighted by Crippen LogP contribution is 2.36. The van der Waals surface area contributed by atoms with Gasteiger partial charge in [0, 0.05) is 17.1 Å². The fourth-order valence-corrected chi connectivity index (χ4v) is 4.79. The second-order valence-electron chi connectivity index (χ2n) is 10.0. The SMILES string of the molecule is COc1cc(/C=N/NC(=O)c2ccc(COc3ccc(-n4c(C)ccc4C)cc3)o2)cc(Cl)c1OCc1ccc(C)cc1. The lowest BCUT2D eigenvalue weighted by atomic mass is 10.1. The minimum atomic E-state index is -0.500. The van der Waals surface area contributed by atoms with E-state index in [0.29, 0.717) is 40.2 Å². The van der Waals surface area contributed by atoms with Gasteiger partial charge in [-0.05, 0) is 92.6 Å². The molecule has 8 nitrogen and oxygen atoms in total. The third-order valence-corrected chi connectivity index (χ3v) is 7.05. The Morgan fingerprint density at radius 1 is 0.907 bits per heavy atom. The molecule has 0 aliphatic carbocycles. The largest absolute Gasteiger partial charge is 0.493 e. The van der Waals surface area contributed by atoms with E-state index in [1.807, 2.05) is 55.5 Å². The van der Waals surface area contributed by atoms with E-state index in [0.717, 1.165) is 22.6 Å². The van der Waals surface area contributed by atoms with Crippen molar-refractivity contribution in [3.63, 3.8) is 0 Å². The average Bonchev–Trinajstić information content (AvgIpc) is 3.62. The maximum Gasteiger partial charge on any atom is 0.307 e. The number of nitrogens with zero attached hydrogens (tertiary/aromatic N) is 2. The van der Waals surface area contributed by atoms with E-state index >= 15 is 0 Å². The van der Waals surface area contributed by atoms with Crippen LogP contribution >= 0.6 is 11.6 Å². The molecule has 0 radical (unpaired) electrons. The van der Waals surface area contributed by atoms with Gasteiger partial charge in [0.25, 0.3) is 0 Å². The number of ether oxygens (including phenoxy) is 3.